The zero-order chi connectivity index (χ0) is 17.4. The van der Waals surface area contributed by atoms with E-state index in [1.807, 2.05) is 6.92 Å². The second-order valence-corrected chi connectivity index (χ2v) is 7.47. The Morgan fingerprint density at radius 3 is 2.23 bits per heavy atom. The average molecular weight is 345 g/mol. The number of alkyl halides is 3. The lowest BCUT2D eigenvalue weighted by molar-refractivity contribution is -0.0331. The smallest absolute Gasteiger partial charge is 0.441 e. The zero-order valence-electron chi connectivity index (χ0n) is 13.5. The maximum Gasteiger partial charge on any atom is 0.441 e. The van der Waals surface area contributed by atoms with Crippen molar-refractivity contribution >= 4 is 17.9 Å². The summed E-state index contributed by atoms with van der Waals surface area (Å²) in [5.41, 5.74) is -5.70. The van der Waals surface area contributed by atoms with Crippen LogP contribution in [0.2, 0.25) is 0 Å². The molecule has 0 saturated heterocycles. The highest BCUT2D eigenvalue weighted by Crippen LogP contribution is 2.35. The highest BCUT2D eigenvalue weighted by molar-refractivity contribution is 8.00. The van der Waals surface area contributed by atoms with Crippen molar-refractivity contribution in [3.05, 3.63) is 0 Å². The Bertz CT molecular complexity index is 345. The van der Waals surface area contributed by atoms with Gasteiger partial charge >= 0.3 is 11.6 Å². The van der Waals surface area contributed by atoms with Crippen LogP contribution in [0, 0.1) is 5.41 Å². The van der Waals surface area contributed by atoms with Crippen LogP contribution in [0.1, 0.15) is 47.0 Å². The molecule has 0 fully saturated rings. The number of hydrogen-bond donors (Lipinski definition) is 2. The lowest BCUT2D eigenvalue weighted by Crippen LogP contribution is -2.42. The van der Waals surface area contributed by atoms with Gasteiger partial charge in [-0.2, -0.15) is 13.2 Å². The van der Waals surface area contributed by atoms with Crippen LogP contribution in [0.3, 0.4) is 0 Å². The lowest BCUT2D eigenvalue weighted by atomic mass is 9.81. The topological polar surface area (TPSA) is 58.6 Å². The normalized spacial score (nSPS) is 15.3. The number of aliphatic hydroxyl groups excluding tert-OH is 1. The maximum absolute atomic E-state index is 12.2. The molecule has 0 radical (unpaired) electrons. The quantitative estimate of drug-likeness (QED) is 0.700. The van der Waals surface area contributed by atoms with Crippen molar-refractivity contribution in [3.63, 3.8) is 0 Å². The first-order chi connectivity index (χ1) is 9.93. The Morgan fingerprint density at radius 1 is 1.23 bits per heavy atom. The van der Waals surface area contributed by atoms with E-state index < -0.39 is 22.6 Å². The number of aliphatic hydroxyl groups is 1. The Balaban J connectivity index is 4.58. The van der Waals surface area contributed by atoms with Gasteiger partial charge in [-0.1, -0.05) is 25.1 Å². The van der Waals surface area contributed by atoms with E-state index in [0.29, 0.717) is 12.8 Å². The first-order valence-corrected chi connectivity index (χ1v) is 8.20. The molecule has 1 unspecified atom stereocenters. The van der Waals surface area contributed by atoms with E-state index >= 15 is 0 Å². The zero-order valence-corrected chi connectivity index (χ0v) is 14.4. The Kier molecular flexibility index (Phi) is 8.61. The average Bonchev–Trinajstić information content (AvgIpc) is 2.32. The molecule has 0 aliphatic rings. The molecule has 1 atom stereocenters. The monoisotopic (exact) mass is 345 g/mol. The van der Waals surface area contributed by atoms with Gasteiger partial charge in [-0.25, -0.2) is 4.79 Å². The van der Waals surface area contributed by atoms with Crippen molar-refractivity contribution in [2.45, 2.75) is 58.1 Å². The van der Waals surface area contributed by atoms with E-state index in [4.69, 9.17) is 4.74 Å². The third-order valence-corrected chi connectivity index (χ3v) is 3.76. The van der Waals surface area contributed by atoms with Gasteiger partial charge in [0.25, 0.3) is 0 Å². The van der Waals surface area contributed by atoms with E-state index in [1.165, 1.54) is 0 Å². The molecule has 1 amide bonds. The number of thioether (sulfide) groups is 1. The third kappa shape index (κ3) is 10.2. The fraction of sp³-hybridized carbons (Fsp3) is 0.929. The second-order valence-electron chi connectivity index (χ2n) is 6.31. The molecule has 0 aromatic rings. The summed E-state index contributed by atoms with van der Waals surface area (Å²) < 4.78 is 41.8. The molecule has 0 aromatic carbocycles. The van der Waals surface area contributed by atoms with E-state index in [2.05, 4.69) is 5.32 Å². The van der Waals surface area contributed by atoms with Crippen LogP contribution in [-0.4, -0.2) is 41.2 Å². The highest BCUT2D eigenvalue weighted by Gasteiger charge is 2.33. The van der Waals surface area contributed by atoms with E-state index in [0.717, 1.165) is 0 Å². The minimum Gasteiger partial charge on any atom is -0.444 e. The number of halogens is 3. The van der Waals surface area contributed by atoms with Crippen LogP contribution in [0.4, 0.5) is 18.0 Å². The van der Waals surface area contributed by atoms with Crippen LogP contribution in [0.15, 0.2) is 0 Å². The summed E-state index contributed by atoms with van der Waals surface area (Å²) in [6, 6.07) is 0. The summed E-state index contributed by atoms with van der Waals surface area (Å²) in [5, 5.41) is 12.2. The van der Waals surface area contributed by atoms with E-state index in [-0.39, 0.29) is 37.1 Å². The molecule has 0 aromatic heterocycles. The van der Waals surface area contributed by atoms with Crippen LogP contribution in [-0.2, 0) is 4.74 Å². The molecule has 132 valence electrons. The van der Waals surface area contributed by atoms with Gasteiger partial charge in [0.05, 0.1) is 6.61 Å². The van der Waals surface area contributed by atoms with Gasteiger partial charge in [0.15, 0.2) is 0 Å². The first kappa shape index (κ1) is 21.4. The molecule has 0 saturated carbocycles. The standard InChI is InChI=1S/C14H26F3NO3S/c1-5-6-13(10-19,7-8-22-14(15,16)17)9-18-11(20)21-12(2,3)4/h19H,5-10H2,1-4H3,(H,18,20). The number of nitrogens with one attached hydrogen (secondary N) is 1. The molecular formula is C14H26F3NO3S. The second kappa shape index (κ2) is 8.86. The highest BCUT2D eigenvalue weighted by atomic mass is 32.2. The molecule has 0 heterocycles. The summed E-state index contributed by atoms with van der Waals surface area (Å²) >= 11 is -0.109. The molecule has 0 bridgehead atoms. The minimum atomic E-state index is -4.29. The molecule has 8 heteroatoms. The van der Waals surface area contributed by atoms with E-state index in [9.17, 15) is 23.1 Å². The Morgan fingerprint density at radius 2 is 1.82 bits per heavy atom. The van der Waals surface area contributed by atoms with Gasteiger partial charge in [0.1, 0.15) is 5.60 Å². The van der Waals surface area contributed by atoms with Crippen molar-refractivity contribution in [3.8, 4) is 0 Å². The Labute approximate surface area is 134 Å². The number of carbonyl (C=O) groups is 1. The summed E-state index contributed by atoms with van der Waals surface area (Å²) in [7, 11) is 0. The SMILES string of the molecule is CCCC(CO)(CCSC(F)(F)F)CNC(=O)OC(C)(C)C. The summed E-state index contributed by atoms with van der Waals surface area (Å²) in [5.74, 6) is -0.153. The molecule has 0 rings (SSSR count). The van der Waals surface area contributed by atoms with Gasteiger partial charge in [0, 0.05) is 17.7 Å². The summed E-state index contributed by atoms with van der Waals surface area (Å²) in [4.78, 5) is 11.7. The number of hydrogen-bond acceptors (Lipinski definition) is 4. The van der Waals surface area contributed by atoms with Gasteiger partial charge in [0.2, 0.25) is 0 Å². The lowest BCUT2D eigenvalue weighted by Gasteiger charge is -2.32. The molecule has 2 N–H and O–H groups in total. The van der Waals surface area contributed by atoms with Gasteiger partial charge in [-0.15, -0.1) is 0 Å². The van der Waals surface area contributed by atoms with Crippen LogP contribution >= 0.6 is 11.8 Å². The fourth-order valence-electron chi connectivity index (χ4n) is 2.00. The molecule has 0 aliphatic heterocycles. The predicted octanol–water partition coefficient (Wildman–Crippen LogP) is 3.93. The molecule has 22 heavy (non-hydrogen) atoms. The van der Waals surface area contributed by atoms with Crippen molar-refractivity contribution in [1.29, 1.82) is 0 Å². The van der Waals surface area contributed by atoms with Gasteiger partial charge in [-0.3, -0.25) is 0 Å². The minimum absolute atomic E-state index is 0.0880. The first-order valence-electron chi connectivity index (χ1n) is 7.21. The van der Waals surface area contributed by atoms with Crippen LogP contribution < -0.4 is 5.32 Å². The number of alkyl carbamates (subject to hydrolysis) is 1. The number of rotatable bonds is 8. The molecule has 0 spiro atoms. The predicted molar refractivity (Wildman–Crippen MR) is 81.8 cm³/mol. The number of amides is 1. The fourth-order valence-corrected chi connectivity index (χ4v) is 2.77. The van der Waals surface area contributed by atoms with Crippen molar-refractivity contribution in [1.82, 2.24) is 5.32 Å². The van der Waals surface area contributed by atoms with Gasteiger partial charge in [-0.05, 0) is 33.6 Å². The molecule has 4 nitrogen and oxygen atoms in total. The van der Waals surface area contributed by atoms with Crippen molar-refractivity contribution < 1.29 is 27.8 Å². The largest absolute Gasteiger partial charge is 0.444 e. The van der Waals surface area contributed by atoms with Crippen molar-refractivity contribution in [2.75, 3.05) is 18.9 Å². The maximum atomic E-state index is 12.2. The van der Waals surface area contributed by atoms with Gasteiger partial charge < -0.3 is 15.2 Å². The summed E-state index contributed by atoms with van der Waals surface area (Å²) in [6.45, 7) is 6.85. The number of ether oxygens (including phenoxy) is 1. The summed E-state index contributed by atoms with van der Waals surface area (Å²) in [6.07, 6.45) is 0.757. The third-order valence-electron chi connectivity index (χ3n) is 3.02. The van der Waals surface area contributed by atoms with Crippen LogP contribution in [0.5, 0.6) is 0 Å². The number of carbonyl (C=O) groups excluding carboxylic acids is 1. The molecule has 0 aliphatic carbocycles. The van der Waals surface area contributed by atoms with Crippen molar-refractivity contribution in [2.24, 2.45) is 5.41 Å². The molecular weight excluding hydrogens is 319 g/mol. The Hall–Kier alpha value is -0.630. The van der Waals surface area contributed by atoms with Crippen LogP contribution in [0.25, 0.3) is 0 Å². The van der Waals surface area contributed by atoms with E-state index in [1.54, 1.807) is 20.8 Å².